The summed E-state index contributed by atoms with van der Waals surface area (Å²) in [5.74, 6) is 0.981. The molecule has 3 rings (SSSR count). The van der Waals surface area contributed by atoms with Crippen LogP contribution in [0.4, 0.5) is 0 Å². The van der Waals surface area contributed by atoms with Crippen molar-refractivity contribution in [1.29, 1.82) is 0 Å². The van der Waals surface area contributed by atoms with Gasteiger partial charge in [-0.15, -0.1) is 0 Å². The van der Waals surface area contributed by atoms with Gasteiger partial charge in [-0.05, 0) is 55.6 Å². The third-order valence-electron chi connectivity index (χ3n) is 5.19. The molecule has 0 unspecified atom stereocenters. The van der Waals surface area contributed by atoms with Crippen molar-refractivity contribution in [2.24, 2.45) is 0 Å². The molecular weight excluding hydrogens is 346 g/mol. The molecule has 1 aliphatic rings. The molecule has 0 bridgehead atoms. The van der Waals surface area contributed by atoms with Gasteiger partial charge in [-0.3, -0.25) is 14.5 Å². The van der Waals surface area contributed by atoms with Crippen LogP contribution < -0.4 is 10.1 Å². The van der Waals surface area contributed by atoms with Crippen LogP contribution in [0.2, 0.25) is 0 Å². The van der Waals surface area contributed by atoms with Crippen molar-refractivity contribution in [3.63, 3.8) is 0 Å². The average Bonchev–Trinajstić information content (AvgIpc) is 3.11. The number of fused-ring (bicyclic) bond motifs is 1. The molecule has 2 aromatic rings. The SMILES string of the molecule is COC(=O)CCNC(=O)CN1CCC(c2c[nH]c3ccc(OC)cc23)CC1. The predicted molar refractivity (Wildman–Crippen MR) is 103 cm³/mol. The van der Waals surface area contributed by atoms with Gasteiger partial charge >= 0.3 is 5.97 Å². The number of rotatable bonds is 7. The number of nitrogens with zero attached hydrogens (tertiary/aromatic N) is 1. The average molecular weight is 373 g/mol. The van der Waals surface area contributed by atoms with Crippen LogP contribution in [0.1, 0.15) is 30.7 Å². The van der Waals surface area contributed by atoms with Crippen molar-refractivity contribution < 1.29 is 19.1 Å². The molecule has 1 amide bonds. The minimum atomic E-state index is -0.313. The summed E-state index contributed by atoms with van der Waals surface area (Å²) in [5.41, 5.74) is 2.45. The number of carbonyl (C=O) groups is 2. The van der Waals surface area contributed by atoms with E-state index in [4.69, 9.17) is 4.74 Å². The van der Waals surface area contributed by atoms with Crippen LogP contribution >= 0.6 is 0 Å². The van der Waals surface area contributed by atoms with Gasteiger partial charge in [-0.25, -0.2) is 0 Å². The Morgan fingerprint density at radius 3 is 2.74 bits per heavy atom. The van der Waals surface area contributed by atoms with E-state index in [2.05, 4.69) is 32.2 Å². The molecule has 146 valence electrons. The van der Waals surface area contributed by atoms with Gasteiger partial charge in [0, 0.05) is 23.6 Å². The van der Waals surface area contributed by atoms with Gasteiger partial charge in [0.1, 0.15) is 5.75 Å². The molecule has 1 fully saturated rings. The van der Waals surface area contributed by atoms with Crippen LogP contribution in [0.5, 0.6) is 5.75 Å². The molecule has 0 spiro atoms. The summed E-state index contributed by atoms with van der Waals surface area (Å²) in [5, 5.41) is 3.99. The van der Waals surface area contributed by atoms with Gasteiger partial charge < -0.3 is 19.8 Å². The standard InChI is InChI=1S/C20H27N3O4/c1-26-15-3-4-18-16(11-15)17(12-22-18)14-6-9-23(10-7-14)13-19(24)21-8-5-20(25)27-2/h3-4,11-12,14,22H,5-10,13H2,1-2H3,(H,21,24). The van der Waals surface area contributed by atoms with Gasteiger partial charge in [0.15, 0.2) is 0 Å². The number of ether oxygens (including phenoxy) is 2. The third-order valence-corrected chi connectivity index (χ3v) is 5.19. The smallest absolute Gasteiger partial charge is 0.307 e. The number of methoxy groups -OCH3 is 2. The molecule has 1 aromatic heterocycles. The van der Waals surface area contributed by atoms with E-state index in [1.54, 1.807) is 7.11 Å². The highest BCUT2D eigenvalue weighted by molar-refractivity contribution is 5.85. The zero-order valence-corrected chi connectivity index (χ0v) is 15.9. The highest BCUT2D eigenvalue weighted by atomic mass is 16.5. The number of hydrogen-bond donors (Lipinski definition) is 2. The summed E-state index contributed by atoms with van der Waals surface area (Å²) in [6.45, 7) is 2.45. The van der Waals surface area contributed by atoms with Gasteiger partial charge in [0.05, 0.1) is 27.2 Å². The molecule has 7 nitrogen and oxygen atoms in total. The predicted octanol–water partition coefficient (Wildman–Crippen LogP) is 2.04. The summed E-state index contributed by atoms with van der Waals surface area (Å²) in [7, 11) is 3.03. The van der Waals surface area contributed by atoms with E-state index in [-0.39, 0.29) is 18.3 Å². The first-order valence-corrected chi connectivity index (χ1v) is 9.31. The Labute approximate surface area is 159 Å². The fourth-order valence-corrected chi connectivity index (χ4v) is 3.65. The number of likely N-dealkylation sites (tertiary alicyclic amines) is 1. The van der Waals surface area contributed by atoms with E-state index in [1.807, 2.05) is 12.1 Å². The Morgan fingerprint density at radius 1 is 1.26 bits per heavy atom. The van der Waals surface area contributed by atoms with Crippen molar-refractivity contribution in [3.8, 4) is 5.75 Å². The normalized spacial score (nSPS) is 15.6. The summed E-state index contributed by atoms with van der Waals surface area (Å²) in [6, 6.07) is 6.10. The Balaban J connectivity index is 1.50. The minimum Gasteiger partial charge on any atom is -0.497 e. The lowest BCUT2D eigenvalue weighted by molar-refractivity contribution is -0.140. The lowest BCUT2D eigenvalue weighted by Crippen LogP contribution is -2.41. The first-order valence-electron chi connectivity index (χ1n) is 9.31. The number of aromatic amines is 1. The topological polar surface area (TPSA) is 83.7 Å². The van der Waals surface area contributed by atoms with Crippen molar-refractivity contribution in [3.05, 3.63) is 30.0 Å². The first kappa shape index (κ1) is 19.2. The second-order valence-corrected chi connectivity index (χ2v) is 6.88. The number of nitrogens with one attached hydrogen (secondary N) is 2. The minimum absolute atomic E-state index is 0.0471. The van der Waals surface area contributed by atoms with Crippen molar-refractivity contribution in [2.45, 2.75) is 25.2 Å². The second kappa shape index (κ2) is 8.90. The van der Waals surface area contributed by atoms with Crippen LogP contribution in [0, 0.1) is 0 Å². The molecular formula is C20H27N3O4. The number of piperidine rings is 1. The molecule has 7 heteroatoms. The molecule has 1 aromatic carbocycles. The maximum absolute atomic E-state index is 12.0. The van der Waals surface area contributed by atoms with Gasteiger partial charge in [0.2, 0.25) is 5.91 Å². The van der Waals surface area contributed by atoms with Crippen LogP contribution in [0.3, 0.4) is 0 Å². The number of H-pyrrole nitrogens is 1. The zero-order chi connectivity index (χ0) is 19.2. The largest absolute Gasteiger partial charge is 0.497 e. The summed E-state index contributed by atoms with van der Waals surface area (Å²) in [4.78, 5) is 28.6. The first-order chi connectivity index (χ1) is 13.1. The number of amides is 1. The quantitative estimate of drug-likeness (QED) is 0.726. The number of carbonyl (C=O) groups excluding carboxylic acids is 2. The Kier molecular flexibility index (Phi) is 6.34. The zero-order valence-electron chi connectivity index (χ0n) is 15.9. The summed E-state index contributed by atoms with van der Waals surface area (Å²) in [6.07, 6.45) is 4.33. The Morgan fingerprint density at radius 2 is 2.04 bits per heavy atom. The molecule has 1 aliphatic heterocycles. The van der Waals surface area contributed by atoms with Gasteiger partial charge in [-0.2, -0.15) is 0 Å². The molecule has 1 saturated heterocycles. The monoisotopic (exact) mass is 373 g/mol. The van der Waals surface area contributed by atoms with E-state index in [1.165, 1.54) is 18.1 Å². The molecule has 0 saturated carbocycles. The maximum Gasteiger partial charge on any atom is 0.307 e. The Bertz CT molecular complexity index is 794. The number of benzene rings is 1. The van der Waals surface area contributed by atoms with Crippen molar-refractivity contribution >= 4 is 22.8 Å². The lowest BCUT2D eigenvalue weighted by atomic mass is 9.89. The van der Waals surface area contributed by atoms with Crippen LogP contribution in [-0.2, 0) is 14.3 Å². The van der Waals surface area contributed by atoms with Gasteiger partial charge in [0.25, 0.3) is 0 Å². The Hall–Kier alpha value is -2.54. The number of esters is 1. The molecule has 0 atom stereocenters. The highest BCUT2D eigenvalue weighted by Gasteiger charge is 2.24. The molecule has 2 N–H and O–H groups in total. The third kappa shape index (κ3) is 4.80. The number of aromatic nitrogens is 1. The van der Waals surface area contributed by atoms with Crippen molar-refractivity contribution in [2.75, 3.05) is 40.4 Å². The molecule has 0 radical (unpaired) electrons. The summed E-state index contributed by atoms with van der Waals surface area (Å²) >= 11 is 0. The number of hydrogen-bond acceptors (Lipinski definition) is 5. The van der Waals surface area contributed by atoms with Crippen LogP contribution in [0.15, 0.2) is 24.4 Å². The van der Waals surface area contributed by atoms with Crippen molar-refractivity contribution in [1.82, 2.24) is 15.2 Å². The van der Waals surface area contributed by atoms with Gasteiger partial charge in [-0.1, -0.05) is 0 Å². The highest BCUT2D eigenvalue weighted by Crippen LogP contribution is 2.34. The maximum atomic E-state index is 12.0. The fourth-order valence-electron chi connectivity index (χ4n) is 3.65. The van der Waals surface area contributed by atoms with Crippen LogP contribution in [0.25, 0.3) is 10.9 Å². The van der Waals surface area contributed by atoms with E-state index in [0.29, 0.717) is 19.0 Å². The van der Waals surface area contributed by atoms with E-state index in [0.717, 1.165) is 37.2 Å². The lowest BCUT2D eigenvalue weighted by Gasteiger charge is -2.31. The second-order valence-electron chi connectivity index (χ2n) is 6.88. The van der Waals surface area contributed by atoms with E-state index in [9.17, 15) is 9.59 Å². The van der Waals surface area contributed by atoms with E-state index < -0.39 is 0 Å². The summed E-state index contributed by atoms with van der Waals surface area (Å²) < 4.78 is 9.92. The molecule has 27 heavy (non-hydrogen) atoms. The van der Waals surface area contributed by atoms with E-state index >= 15 is 0 Å². The molecule has 0 aliphatic carbocycles. The fraction of sp³-hybridized carbons (Fsp3) is 0.500. The van der Waals surface area contributed by atoms with Crippen LogP contribution in [-0.4, -0.2) is 62.2 Å². The molecule has 2 heterocycles.